The lowest BCUT2D eigenvalue weighted by Gasteiger charge is -2.28. The third-order valence-corrected chi connectivity index (χ3v) is 25.5. The van der Waals surface area contributed by atoms with Gasteiger partial charge in [-0.3, -0.25) is 0 Å². The molecule has 19 rings (SSSR count). The van der Waals surface area contributed by atoms with Crippen molar-refractivity contribution in [3.8, 4) is 0 Å². The Hall–Kier alpha value is -14.3. The fourth-order valence-corrected chi connectivity index (χ4v) is 17.7. The maximum atomic E-state index is 12.5. The van der Waals surface area contributed by atoms with Crippen LogP contribution in [0.5, 0.6) is 0 Å². The van der Waals surface area contributed by atoms with Gasteiger partial charge in [-0.25, -0.2) is 47.9 Å². The average molecular weight is 1870 g/mol. The minimum atomic E-state index is -0.520. The summed E-state index contributed by atoms with van der Waals surface area (Å²) in [6.45, 7) is 3.64. The van der Waals surface area contributed by atoms with E-state index < -0.39 is 36.4 Å². The van der Waals surface area contributed by atoms with Crippen LogP contribution in [-0.2, 0) is 66.3 Å². The summed E-state index contributed by atoms with van der Waals surface area (Å²) in [6, 6.07) is 98.7. The highest BCUT2D eigenvalue weighted by molar-refractivity contribution is 5.98. The van der Waals surface area contributed by atoms with Crippen LogP contribution in [0.3, 0.4) is 0 Å². The van der Waals surface area contributed by atoms with Gasteiger partial charge in [0.2, 0.25) is 0 Å². The Morgan fingerprint density at radius 1 is 0.196 bits per heavy atom. The molecule has 138 heavy (non-hydrogen) atoms. The molecule has 24 nitrogen and oxygen atoms in total. The molecule has 3 aliphatic carbocycles. The van der Waals surface area contributed by atoms with Crippen molar-refractivity contribution in [2.45, 2.75) is 126 Å². The molecule has 8 unspecified atom stereocenters. The van der Waals surface area contributed by atoms with Gasteiger partial charge < -0.3 is 66.3 Å². The van der Waals surface area contributed by atoms with Crippen molar-refractivity contribution in [1.82, 2.24) is 0 Å². The third kappa shape index (κ3) is 28.4. The van der Waals surface area contributed by atoms with E-state index in [-0.39, 0.29) is 110 Å². The van der Waals surface area contributed by atoms with E-state index in [0.29, 0.717) is 145 Å². The number of fused-ring (bicyclic) bond motifs is 4. The fourth-order valence-electron chi connectivity index (χ4n) is 17.7. The number of hydrogen-bond acceptors (Lipinski definition) is 24. The molecule has 0 aromatic heterocycles. The molecule has 24 heteroatoms. The van der Waals surface area contributed by atoms with Crippen LogP contribution >= 0.6 is 0 Å². The summed E-state index contributed by atoms with van der Waals surface area (Å²) in [6.07, 6.45) is 8.32. The molecule has 712 valence electrons. The van der Waals surface area contributed by atoms with Crippen molar-refractivity contribution in [3.63, 3.8) is 0 Å². The molecule has 12 aromatic rings. The van der Waals surface area contributed by atoms with Crippen LogP contribution in [0.25, 0.3) is 21.5 Å². The minimum absolute atomic E-state index is 0.0208. The first-order valence-corrected chi connectivity index (χ1v) is 47.3. The molecular weight excluding hydrogens is 1750 g/mol. The standard InChI is InChI=1S/C30H28O4.C22H22O6.C22H24O4.C20H18O6.C20H20O4/c31-29(27-15-13-23-5-1-3-7-25(23)17-27)33-19-21-9-11-22(12-10-21)20-34-30(32)28-16-14-24-6-2-4-8-26(24)18-28;23-21(15-7-3-1-4-8-15)27-13-17-11-25-20-18(12-26-19(17)20)14-28-22(24)16-9-5-2-6-10-16;23-21(19-7-3-1-4-8-19)25-15-17-11-13-18(14-12-17)16-26-22(24)20-9-5-2-6-10-20;21-19(13-7-3-1-4-8-13)25-15-11-23-18-16(12-24-17(15)18)26-20(22)14-9-5-2-6-10-14;21-19(15-7-3-1-4-8-15)23-17-11-13-18(14-12-17)24-20(22)16-9-5-2-6-10-16/h1-8,13-18,21-22H,9-12,19-20H2;1-10,17-20H,11-14H2;1-10,17-18H,11-16H2;1-10,15-18H,11-12H2;1-10,17-18H,11-14H2. The van der Waals surface area contributed by atoms with Gasteiger partial charge in [-0.2, -0.15) is 0 Å². The van der Waals surface area contributed by atoms with E-state index in [1.165, 1.54) is 0 Å². The maximum Gasteiger partial charge on any atom is 0.338 e. The molecule has 7 fully saturated rings. The molecule has 4 heterocycles. The summed E-state index contributed by atoms with van der Waals surface area (Å²) in [5.41, 5.74) is 5.49. The van der Waals surface area contributed by atoms with Crippen LogP contribution in [0.2, 0.25) is 0 Å². The number of carbonyl (C=O) groups is 10. The van der Waals surface area contributed by atoms with Gasteiger partial charge in [0.25, 0.3) is 0 Å². The van der Waals surface area contributed by atoms with Gasteiger partial charge in [0.05, 0.1) is 134 Å². The topological polar surface area (TPSA) is 300 Å². The van der Waals surface area contributed by atoms with Crippen LogP contribution < -0.4 is 0 Å². The molecule has 4 aliphatic heterocycles. The van der Waals surface area contributed by atoms with E-state index >= 15 is 0 Å². The van der Waals surface area contributed by atoms with Gasteiger partial charge in [0.15, 0.2) is 12.2 Å². The zero-order valence-corrected chi connectivity index (χ0v) is 76.6. The summed E-state index contributed by atoms with van der Waals surface area (Å²) in [7, 11) is 0. The predicted octanol–water partition coefficient (Wildman–Crippen LogP) is 20.3. The molecular formula is C114H112O24. The van der Waals surface area contributed by atoms with E-state index in [2.05, 4.69) is 0 Å². The van der Waals surface area contributed by atoms with Crippen LogP contribution in [0.1, 0.15) is 181 Å². The van der Waals surface area contributed by atoms with Crippen LogP contribution in [0.4, 0.5) is 0 Å². The quantitative estimate of drug-likeness (QED) is 0.0359. The third-order valence-electron chi connectivity index (χ3n) is 25.5. The summed E-state index contributed by atoms with van der Waals surface area (Å²) in [4.78, 5) is 122. The summed E-state index contributed by atoms with van der Waals surface area (Å²) in [5, 5.41) is 4.30. The lowest BCUT2D eigenvalue weighted by atomic mass is 9.83. The average Bonchev–Trinajstić information content (AvgIpc) is 1.64. The molecule has 8 atom stereocenters. The zero-order valence-electron chi connectivity index (χ0n) is 76.6. The highest BCUT2D eigenvalue weighted by Crippen LogP contribution is 2.38. The van der Waals surface area contributed by atoms with E-state index in [0.717, 1.165) is 72.9 Å². The first kappa shape index (κ1) is 98.2. The fraction of sp³-hybridized carbons (Fsp3) is 0.316. The molecule has 0 amide bonds. The van der Waals surface area contributed by atoms with E-state index in [1.54, 1.807) is 146 Å². The van der Waals surface area contributed by atoms with E-state index in [9.17, 15) is 47.9 Å². The number of hydrogen-bond donors (Lipinski definition) is 0. The number of benzene rings is 12. The van der Waals surface area contributed by atoms with Gasteiger partial charge in [-0.05, 0) is 244 Å². The van der Waals surface area contributed by atoms with Crippen molar-refractivity contribution in [2.75, 3.05) is 66.1 Å². The Balaban J connectivity index is 0.000000131. The Kier molecular flexibility index (Phi) is 35.9. The Morgan fingerprint density at radius 2 is 0.406 bits per heavy atom. The maximum absolute atomic E-state index is 12.5. The molecule has 4 saturated heterocycles. The Bertz CT molecular complexity index is 5590. The largest absolute Gasteiger partial charge is 0.462 e. The summed E-state index contributed by atoms with van der Waals surface area (Å²) >= 11 is 0. The van der Waals surface area contributed by atoms with Gasteiger partial charge in [0.1, 0.15) is 24.4 Å². The second-order valence-electron chi connectivity index (χ2n) is 35.2. The summed E-state index contributed by atoms with van der Waals surface area (Å²) in [5.74, 6) is -1.72. The molecule has 0 bridgehead atoms. The molecule has 0 spiro atoms. The first-order valence-electron chi connectivity index (χ1n) is 47.3. The molecule has 7 aliphatic rings. The van der Waals surface area contributed by atoms with E-state index in [1.807, 2.05) is 182 Å². The number of esters is 10. The lowest BCUT2D eigenvalue weighted by Crippen LogP contribution is -2.36. The molecule has 0 radical (unpaired) electrons. The smallest absolute Gasteiger partial charge is 0.338 e. The highest BCUT2D eigenvalue weighted by atomic mass is 16.7. The predicted molar refractivity (Wildman–Crippen MR) is 513 cm³/mol. The second-order valence-corrected chi connectivity index (χ2v) is 35.2. The van der Waals surface area contributed by atoms with Crippen molar-refractivity contribution in [1.29, 1.82) is 0 Å². The molecule has 12 aromatic carbocycles. The zero-order chi connectivity index (χ0) is 95.6. The second kappa shape index (κ2) is 50.5. The van der Waals surface area contributed by atoms with Crippen molar-refractivity contribution in [2.24, 2.45) is 35.5 Å². The minimum Gasteiger partial charge on any atom is -0.462 e. The van der Waals surface area contributed by atoms with Gasteiger partial charge in [-0.15, -0.1) is 0 Å². The van der Waals surface area contributed by atoms with Crippen LogP contribution in [-0.4, -0.2) is 175 Å². The van der Waals surface area contributed by atoms with Gasteiger partial charge >= 0.3 is 59.7 Å². The number of ether oxygens (including phenoxy) is 14. The highest BCUT2D eigenvalue weighted by Gasteiger charge is 2.52. The monoisotopic (exact) mass is 1860 g/mol. The van der Waals surface area contributed by atoms with Crippen LogP contribution in [0, 0.1) is 35.5 Å². The van der Waals surface area contributed by atoms with E-state index in [4.69, 9.17) is 66.3 Å². The van der Waals surface area contributed by atoms with Crippen LogP contribution in [0.15, 0.2) is 328 Å². The van der Waals surface area contributed by atoms with Crippen molar-refractivity contribution >= 4 is 81.2 Å². The molecule has 0 N–H and O–H groups in total. The normalized spacial score (nSPS) is 21.9. The van der Waals surface area contributed by atoms with Gasteiger partial charge in [-0.1, -0.05) is 206 Å². The SMILES string of the molecule is O=C(OC1CCC(OC(=O)c2ccccc2)CC1)c1ccccc1.O=C(OC1COC2C(OC(=O)c3ccccc3)COC12)c1ccccc1.O=C(OCC1CCC(COC(=O)c2ccc3ccccc3c2)CC1)c1ccc2ccccc2c1.O=C(OCC1CCC(COC(=O)c2ccccc2)CC1)c1ccccc1.O=C(OCC1COC2C(COC(=O)c3ccccc3)COC12)c1ccccc1. The van der Waals surface area contributed by atoms with Gasteiger partial charge in [0, 0.05) is 11.8 Å². The first-order chi connectivity index (χ1) is 67.5. The van der Waals surface area contributed by atoms with Crippen molar-refractivity contribution < 1.29 is 114 Å². The number of rotatable bonds is 26. The Morgan fingerprint density at radius 3 is 0.667 bits per heavy atom. The Labute approximate surface area is 801 Å². The number of carbonyl (C=O) groups excluding carboxylic acids is 10. The molecule has 3 saturated carbocycles. The van der Waals surface area contributed by atoms with Crippen molar-refractivity contribution in [3.05, 3.63) is 383 Å². The lowest BCUT2D eigenvalue weighted by molar-refractivity contribution is -0.0288. The summed E-state index contributed by atoms with van der Waals surface area (Å²) < 4.78 is 78.2.